The Morgan fingerprint density at radius 2 is 0.725 bits per heavy atom. The van der Waals surface area contributed by atoms with Gasteiger partial charge in [-0.2, -0.15) is 0 Å². The number of phosphoric acid groups is 1. The van der Waals surface area contributed by atoms with E-state index >= 15 is 0 Å². The van der Waals surface area contributed by atoms with Crippen molar-refractivity contribution in [2.75, 3.05) is 40.6 Å². The third-order valence-electron chi connectivity index (χ3n) is 10.5. The van der Waals surface area contributed by atoms with Crippen molar-refractivity contribution in [3.05, 3.63) is 0 Å². The maximum Gasteiger partial charge on any atom is 0.472 e. The van der Waals surface area contributed by atoms with Gasteiger partial charge in [0.25, 0.3) is 0 Å². The van der Waals surface area contributed by atoms with Crippen LogP contribution in [-0.2, 0) is 51.7 Å². The smallest absolute Gasteiger partial charge is 0.371 e. The molecular weight excluding hydrogens is 679 g/mol. The number of carbonyl (C=O) groups is 4. The van der Waals surface area contributed by atoms with E-state index in [1.165, 1.54) is 0 Å². The highest BCUT2D eigenvalue weighted by Crippen LogP contribution is 2.43. The summed E-state index contributed by atoms with van der Waals surface area (Å²) in [7, 11) is -1.18. The second-order valence-electron chi connectivity index (χ2n) is 14.1. The molecule has 51 heavy (non-hydrogen) atoms. The molecule has 0 spiro atoms. The van der Waals surface area contributed by atoms with Gasteiger partial charge >= 0.3 is 7.82 Å². The first-order valence-corrected chi connectivity index (χ1v) is 20.5. The lowest BCUT2D eigenvalue weighted by molar-refractivity contribution is -0.144. The number of phosphoric ester groups is 1. The maximum absolute atomic E-state index is 12.9. The van der Waals surface area contributed by atoms with E-state index < -0.39 is 30.2 Å². The standard InChI is InChI=1S/C38H71O12P/c1-11-35(5,45-9)31(39)23-15-19-27-47-37(7,13-3)33(41)25-17-21-29-49-51(43,44)50-30-22-18-26-34(42)38(8,14-4)48-28-20-16-24-32(40)36(6,12-2)46-10/h11-30H2,1-10H3,(H,43,44). The fourth-order valence-electron chi connectivity index (χ4n) is 5.27. The normalized spacial score (nSPS) is 17.8. The molecular formula is C38H71O12P. The summed E-state index contributed by atoms with van der Waals surface area (Å²) in [6.07, 6.45) is 7.82. The molecule has 0 amide bonds. The van der Waals surface area contributed by atoms with Crippen molar-refractivity contribution in [3.8, 4) is 0 Å². The van der Waals surface area contributed by atoms with E-state index in [9.17, 15) is 28.6 Å². The Bertz CT molecular complexity index is 1010. The molecule has 0 aromatic rings. The Balaban J connectivity index is 4.32. The average Bonchev–Trinajstić information content (AvgIpc) is 3.12. The van der Waals surface area contributed by atoms with Gasteiger partial charge in [-0.05, 0) is 105 Å². The zero-order valence-electron chi connectivity index (χ0n) is 33.5. The van der Waals surface area contributed by atoms with E-state index in [4.69, 9.17) is 28.0 Å². The van der Waals surface area contributed by atoms with Gasteiger partial charge < -0.3 is 23.8 Å². The first-order valence-electron chi connectivity index (χ1n) is 19.0. The molecule has 0 aliphatic carbocycles. The van der Waals surface area contributed by atoms with Crippen LogP contribution in [0.2, 0.25) is 0 Å². The molecule has 300 valence electrons. The Morgan fingerprint density at radius 1 is 0.471 bits per heavy atom. The highest BCUT2D eigenvalue weighted by molar-refractivity contribution is 7.47. The molecule has 0 bridgehead atoms. The molecule has 0 fully saturated rings. The van der Waals surface area contributed by atoms with Gasteiger partial charge in [-0.25, -0.2) is 4.57 Å². The second kappa shape index (κ2) is 24.8. The minimum atomic E-state index is -4.27. The summed E-state index contributed by atoms with van der Waals surface area (Å²) in [5.74, 6) is 0.0337. The monoisotopic (exact) mass is 750 g/mol. The molecule has 12 nitrogen and oxygen atoms in total. The number of rotatable bonds is 34. The molecule has 0 saturated heterocycles. The van der Waals surface area contributed by atoms with E-state index in [-0.39, 0.29) is 49.2 Å². The van der Waals surface area contributed by atoms with Gasteiger partial charge in [-0.15, -0.1) is 0 Å². The van der Waals surface area contributed by atoms with Gasteiger partial charge in [0, 0.05) is 53.1 Å². The molecule has 1 N–H and O–H groups in total. The molecule has 0 saturated carbocycles. The van der Waals surface area contributed by atoms with Crippen molar-refractivity contribution in [1.82, 2.24) is 0 Å². The van der Waals surface area contributed by atoms with E-state index in [0.717, 1.165) is 0 Å². The van der Waals surface area contributed by atoms with Crippen molar-refractivity contribution in [2.24, 2.45) is 0 Å². The van der Waals surface area contributed by atoms with Crippen LogP contribution in [0.5, 0.6) is 0 Å². The molecule has 4 unspecified atom stereocenters. The van der Waals surface area contributed by atoms with Crippen LogP contribution in [0.15, 0.2) is 0 Å². The zero-order valence-corrected chi connectivity index (χ0v) is 34.4. The number of ketones is 4. The fraction of sp³-hybridized carbons (Fsp3) is 0.895. The topological polar surface area (TPSA) is 161 Å². The summed E-state index contributed by atoms with van der Waals surface area (Å²) < 4.78 is 45.1. The number of Topliss-reactive ketones (excluding diaryl/α,β-unsaturated/α-hetero) is 4. The van der Waals surface area contributed by atoms with Gasteiger partial charge in [-0.3, -0.25) is 28.2 Å². The molecule has 0 aromatic carbocycles. The summed E-state index contributed by atoms with van der Waals surface area (Å²) in [6, 6.07) is 0. The largest absolute Gasteiger partial charge is 0.472 e. The van der Waals surface area contributed by atoms with Crippen molar-refractivity contribution in [3.63, 3.8) is 0 Å². The first kappa shape index (κ1) is 49.6. The Morgan fingerprint density at radius 3 is 0.980 bits per heavy atom. The van der Waals surface area contributed by atoms with Gasteiger partial charge in [0.05, 0.1) is 13.2 Å². The van der Waals surface area contributed by atoms with Crippen molar-refractivity contribution in [1.29, 1.82) is 0 Å². The number of methoxy groups -OCH3 is 2. The lowest BCUT2D eigenvalue weighted by atomic mass is 9.93. The molecule has 0 rings (SSSR count). The highest BCUT2D eigenvalue weighted by Gasteiger charge is 2.34. The maximum atomic E-state index is 12.9. The third-order valence-corrected chi connectivity index (χ3v) is 11.5. The second-order valence-corrected chi connectivity index (χ2v) is 15.6. The van der Waals surface area contributed by atoms with Gasteiger partial charge in [0.2, 0.25) is 0 Å². The summed E-state index contributed by atoms with van der Waals surface area (Å²) in [5, 5.41) is 0. The molecule has 13 heteroatoms. The van der Waals surface area contributed by atoms with Crippen molar-refractivity contribution in [2.45, 2.75) is 181 Å². The molecule has 0 radical (unpaired) electrons. The minimum Gasteiger partial charge on any atom is -0.371 e. The van der Waals surface area contributed by atoms with Crippen LogP contribution in [0.3, 0.4) is 0 Å². The highest BCUT2D eigenvalue weighted by atomic mass is 31.2. The molecule has 0 heterocycles. The summed E-state index contributed by atoms with van der Waals surface area (Å²) in [6.45, 7) is 15.4. The zero-order chi connectivity index (χ0) is 39.2. The van der Waals surface area contributed by atoms with Crippen LogP contribution >= 0.6 is 7.82 Å². The molecule has 0 aliphatic rings. The Hall–Kier alpha value is -1.37. The Labute approximate surface area is 308 Å². The Kier molecular flexibility index (Phi) is 24.2. The van der Waals surface area contributed by atoms with Crippen LogP contribution < -0.4 is 0 Å². The van der Waals surface area contributed by atoms with Crippen LogP contribution in [0.25, 0.3) is 0 Å². The number of carbonyl (C=O) groups excluding carboxylic acids is 4. The third kappa shape index (κ3) is 18.0. The number of hydrogen-bond donors (Lipinski definition) is 1. The molecule has 0 aromatic heterocycles. The van der Waals surface area contributed by atoms with Gasteiger partial charge in [0.15, 0.2) is 23.1 Å². The fourth-order valence-corrected chi connectivity index (χ4v) is 6.06. The van der Waals surface area contributed by atoms with Crippen molar-refractivity contribution < 1.29 is 56.6 Å². The van der Waals surface area contributed by atoms with E-state index in [2.05, 4.69) is 0 Å². The average molecular weight is 751 g/mol. The van der Waals surface area contributed by atoms with Crippen LogP contribution in [0, 0.1) is 0 Å². The lowest BCUT2D eigenvalue weighted by Crippen LogP contribution is -2.38. The summed E-state index contributed by atoms with van der Waals surface area (Å²) in [5.41, 5.74) is -3.40. The molecule has 4 atom stereocenters. The molecule has 0 aliphatic heterocycles. The van der Waals surface area contributed by atoms with Crippen LogP contribution in [0.4, 0.5) is 0 Å². The van der Waals surface area contributed by atoms with Gasteiger partial charge in [0.1, 0.15) is 22.4 Å². The van der Waals surface area contributed by atoms with Crippen LogP contribution in [-0.4, -0.2) is 91.1 Å². The number of ether oxygens (including phenoxy) is 4. The summed E-state index contributed by atoms with van der Waals surface area (Å²) >= 11 is 0. The number of hydrogen-bond acceptors (Lipinski definition) is 11. The quantitative estimate of drug-likeness (QED) is 0.0498. The van der Waals surface area contributed by atoms with Gasteiger partial charge in [-0.1, -0.05) is 27.7 Å². The minimum absolute atomic E-state index is 0.0416. The SMILES string of the molecule is CCC(C)(OC)C(=O)CCCCOC(C)(CC)C(=O)CCCCOP(=O)(O)OCCCCC(=O)C(C)(CC)OCCCCC(=O)C(C)(CC)OC. The predicted octanol–water partition coefficient (Wildman–Crippen LogP) is 8.08. The van der Waals surface area contributed by atoms with Crippen molar-refractivity contribution >= 4 is 31.0 Å². The summed E-state index contributed by atoms with van der Waals surface area (Å²) in [4.78, 5) is 60.7. The lowest BCUT2D eigenvalue weighted by Gasteiger charge is -2.28. The van der Waals surface area contributed by atoms with E-state index in [1.54, 1.807) is 41.9 Å². The first-order chi connectivity index (χ1) is 23.9. The van der Waals surface area contributed by atoms with Crippen LogP contribution in [0.1, 0.15) is 158 Å². The number of unbranched alkanes of at least 4 members (excludes halogenated alkanes) is 4. The van der Waals surface area contributed by atoms with E-state index in [1.807, 2.05) is 27.7 Å². The predicted molar refractivity (Wildman–Crippen MR) is 198 cm³/mol. The van der Waals surface area contributed by atoms with E-state index in [0.29, 0.717) is 103 Å².